The predicted molar refractivity (Wildman–Crippen MR) is 78.9 cm³/mol. The number of para-hydroxylation sites is 1. The van der Waals surface area contributed by atoms with E-state index in [1.807, 2.05) is 27.1 Å². The topological polar surface area (TPSA) is 61.4 Å². The van der Waals surface area contributed by atoms with Crippen LogP contribution in [0.2, 0.25) is 0 Å². The molecule has 0 spiro atoms. The highest BCUT2D eigenvalue weighted by atomic mass is 32.2. The average Bonchev–Trinajstić information content (AvgIpc) is 2.37. The molecule has 19 heavy (non-hydrogen) atoms. The summed E-state index contributed by atoms with van der Waals surface area (Å²) in [5, 5.41) is 3.26. The Kier molecular flexibility index (Phi) is 5.78. The molecule has 0 heterocycles. The van der Waals surface area contributed by atoms with Crippen molar-refractivity contribution in [2.45, 2.75) is 24.3 Å². The second kappa shape index (κ2) is 6.88. The quantitative estimate of drug-likeness (QED) is 0.794. The van der Waals surface area contributed by atoms with E-state index in [1.54, 1.807) is 18.2 Å². The van der Waals surface area contributed by atoms with Gasteiger partial charge in [-0.05, 0) is 53.2 Å². The first-order chi connectivity index (χ1) is 8.86. The van der Waals surface area contributed by atoms with Crippen LogP contribution in [0.5, 0.6) is 0 Å². The highest BCUT2D eigenvalue weighted by molar-refractivity contribution is 7.89. The summed E-state index contributed by atoms with van der Waals surface area (Å²) in [6, 6.07) is 7.15. The van der Waals surface area contributed by atoms with Gasteiger partial charge in [-0.3, -0.25) is 0 Å². The minimum absolute atomic E-state index is 0.204. The van der Waals surface area contributed by atoms with Crippen LogP contribution in [0.25, 0.3) is 0 Å². The van der Waals surface area contributed by atoms with Gasteiger partial charge in [0.2, 0.25) is 10.0 Å². The summed E-state index contributed by atoms with van der Waals surface area (Å²) in [7, 11) is 2.03. The molecular formula is C13H23N3O2S. The molecule has 108 valence electrons. The molecule has 1 aromatic carbocycles. The molecule has 0 fully saturated rings. The molecule has 1 aromatic rings. The molecule has 0 aliphatic carbocycles. The lowest BCUT2D eigenvalue weighted by atomic mass is 10.2. The Morgan fingerprint density at radius 1 is 1.26 bits per heavy atom. The second-order valence-electron chi connectivity index (χ2n) is 4.84. The maximum atomic E-state index is 11.9. The summed E-state index contributed by atoms with van der Waals surface area (Å²) in [4.78, 5) is 2.39. The van der Waals surface area contributed by atoms with Crippen LogP contribution in [-0.4, -0.2) is 47.0 Å². The molecule has 6 heteroatoms. The Morgan fingerprint density at radius 3 is 2.47 bits per heavy atom. The van der Waals surface area contributed by atoms with E-state index in [2.05, 4.69) is 14.9 Å². The number of benzene rings is 1. The molecule has 1 rings (SSSR count). The SMILES string of the molecule is CNS(=O)(=O)c1ccccc1NC(C)CCN(C)C. The van der Waals surface area contributed by atoms with E-state index >= 15 is 0 Å². The molecule has 5 nitrogen and oxygen atoms in total. The minimum Gasteiger partial charge on any atom is -0.381 e. The van der Waals surface area contributed by atoms with Crippen LogP contribution >= 0.6 is 0 Å². The lowest BCUT2D eigenvalue weighted by Crippen LogP contribution is -2.25. The number of rotatable bonds is 7. The molecule has 0 aliphatic rings. The first kappa shape index (κ1) is 15.9. The van der Waals surface area contributed by atoms with Gasteiger partial charge in [-0.15, -0.1) is 0 Å². The highest BCUT2D eigenvalue weighted by Crippen LogP contribution is 2.21. The van der Waals surface area contributed by atoms with Gasteiger partial charge in [0.05, 0.1) is 5.69 Å². The number of nitrogens with one attached hydrogen (secondary N) is 2. The molecule has 0 amide bonds. The zero-order chi connectivity index (χ0) is 14.5. The molecule has 1 atom stereocenters. The summed E-state index contributed by atoms with van der Waals surface area (Å²) >= 11 is 0. The van der Waals surface area contributed by atoms with Gasteiger partial charge in [-0.25, -0.2) is 13.1 Å². The first-order valence-corrected chi connectivity index (χ1v) is 7.79. The normalized spacial score (nSPS) is 13.5. The standard InChI is InChI=1S/C13H23N3O2S/c1-11(9-10-16(3)4)15-12-7-5-6-8-13(12)19(17,18)14-2/h5-8,11,14-15H,9-10H2,1-4H3. The molecule has 0 radical (unpaired) electrons. The fourth-order valence-corrected chi connectivity index (χ4v) is 2.61. The van der Waals surface area contributed by atoms with Gasteiger partial charge in [0.1, 0.15) is 4.90 Å². The molecule has 1 unspecified atom stereocenters. The highest BCUT2D eigenvalue weighted by Gasteiger charge is 2.16. The van der Waals surface area contributed by atoms with Crippen molar-refractivity contribution in [1.82, 2.24) is 9.62 Å². The third-order valence-electron chi connectivity index (χ3n) is 2.86. The first-order valence-electron chi connectivity index (χ1n) is 6.30. The van der Waals surface area contributed by atoms with E-state index in [4.69, 9.17) is 0 Å². The van der Waals surface area contributed by atoms with Crippen LogP contribution in [0, 0.1) is 0 Å². The maximum absolute atomic E-state index is 11.9. The molecule has 0 saturated carbocycles. The maximum Gasteiger partial charge on any atom is 0.242 e. The van der Waals surface area contributed by atoms with E-state index in [1.165, 1.54) is 7.05 Å². The molecule has 0 bridgehead atoms. The van der Waals surface area contributed by atoms with Crippen molar-refractivity contribution >= 4 is 15.7 Å². The molecule has 0 aliphatic heterocycles. The van der Waals surface area contributed by atoms with Gasteiger partial charge in [0, 0.05) is 6.04 Å². The fourth-order valence-electron chi connectivity index (χ4n) is 1.72. The number of hydrogen-bond donors (Lipinski definition) is 2. The van der Waals surface area contributed by atoms with Crippen molar-refractivity contribution in [1.29, 1.82) is 0 Å². The summed E-state index contributed by atoms with van der Waals surface area (Å²) in [6.45, 7) is 3.00. The fraction of sp³-hybridized carbons (Fsp3) is 0.538. The van der Waals surface area contributed by atoms with Crippen LogP contribution in [0.3, 0.4) is 0 Å². The largest absolute Gasteiger partial charge is 0.381 e. The number of nitrogens with zero attached hydrogens (tertiary/aromatic N) is 1. The van der Waals surface area contributed by atoms with E-state index in [-0.39, 0.29) is 10.9 Å². The lowest BCUT2D eigenvalue weighted by Gasteiger charge is -2.19. The lowest BCUT2D eigenvalue weighted by molar-refractivity contribution is 0.390. The summed E-state index contributed by atoms with van der Waals surface area (Å²) in [5.41, 5.74) is 0.642. The average molecular weight is 285 g/mol. The third-order valence-corrected chi connectivity index (χ3v) is 4.33. The van der Waals surface area contributed by atoms with Crippen LogP contribution in [-0.2, 0) is 10.0 Å². The Morgan fingerprint density at radius 2 is 1.89 bits per heavy atom. The predicted octanol–water partition coefficient (Wildman–Crippen LogP) is 1.35. The Hall–Kier alpha value is -1.11. The number of hydrogen-bond acceptors (Lipinski definition) is 4. The zero-order valence-electron chi connectivity index (χ0n) is 12.0. The Bertz CT molecular complexity index is 500. The van der Waals surface area contributed by atoms with Crippen LogP contribution in [0.1, 0.15) is 13.3 Å². The van der Waals surface area contributed by atoms with Crippen molar-refractivity contribution in [2.24, 2.45) is 0 Å². The third kappa shape index (κ3) is 4.81. The Balaban J connectivity index is 2.84. The van der Waals surface area contributed by atoms with Gasteiger partial charge in [0.25, 0.3) is 0 Å². The van der Waals surface area contributed by atoms with Gasteiger partial charge >= 0.3 is 0 Å². The van der Waals surface area contributed by atoms with E-state index < -0.39 is 10.0 Å². The van der Waals surface area contributed by atoms with Gasteiger partial charge in [-0.2, -0.15) is 0 Å². The zero-order valence-corrected chi connectivity index (χ0v) is 12.8. The van der Waals surface area contributed by atoms with Crippen molar-refractivity contribution in [3.8, 4) is 0 Å². The van der Waals surface area contributed by atoms with Crippen molar-refractivity contribution in [3.63, 3.8) is 0 Å². The van der Waals surface area contributed by atoms with Crippen LogP contribution < -0.4 is 10.0 Å². The number of anilines is 1. The van der Waals surface area contributed by atoms with Crippen LogP contribution in [0.4, 0.5) is 5.69 Å². The summed E-state index contributed by atoms with van der Waals surface area (Å²) in [6.07, 6.45) is 0.945. The van der Waals surface area contributed by atoms with Crippen molar-refractivity contribution in [3.05, 3.63) is 24.3 Å². The van der Waals surface area contributed by atoms with E-state index in [0.29, 0.717) is 5.69 Å². The van der Waals surface area contributed by atoms with Crippen LogP contribution in [0.15, 0.2) is 29.2 Å². The van der Waals surface area contributed by atoms with Crippen molar-refractivity contribution in [2.75, 3.05) is 33.0 Å². The van der Waals surface area contributed by atoms with E-state index in [9.17, 15) is 8.42 Å². The van der Waals surface area contributed by atoms with Gasteiger partial charge in [0.15, 0.2) is 0 Å². The van der Waals surface area contributed by atoms with E-state index in [0.717, 1.165) is 13.0 Å². The summed E-state index contributed by atoms with van der Waals surface area (Å²) in [5.74, 6) is 0. The monoisotopic (exact) mass is 285 g/mol. The Labute approximate surface area is 116 Å². The smallest absolute Gasteiger partial charge is 0.242 e. The molecular weight excluding hydrogens is 262 g/mol. The van der Waals surface area contributed by atoms with Gasteiger partial charge < -0.3 is 10.2 Å². The van der Waals surface area contributed by atoms with Gasteiger partial charge in [-0.1, -0.05) is 12.1 Å². The second-order valence-corrected chi connectivity index (χ2v) is 6.70. The summed E-state index contributed by atoms with van der Waals surface area (Å²) < 4.78 is 26.2. The molecule has 0 aromatic heterocycles. The number of sulfonamides is 1. The van der Waals surface area contributed by atoms with Crippen molar-refractivity contribution < 1.29 is 8.42 Å². The molecule has 2 N–H and O–H groups in total. The minimum atomic E-state index is -3.43. The molecule has 0 saturated heterocycles.